The van der Waals surface area contributed by atoms with E-state index < -0.39 is 6.10 Å². The van der Waals surface area contributed by atoms with E-state index in [0.29, 0.717) is 5.92 Å². The highest BCUT2D eigenvalue weighted by molar-refractivity contribution is 5.26. The Morgan fingerprint density at radius 1 is 1.06 bits per heavy atom. The lowest BCUT2D eigenvalue weighted by molar-refractivity contribution is 0.127. The molecule has 96 valence electrons. The summed E-state index contributed by atoms with van der Waals surface area (Å²) in [6.07, 6.45) is 0.516. The van der Waals surface area contributed by atoms with E-state index in [1.54, 1.807) is 0 Å². The molecule has 0 bridgehead atoms. The molecule has 0 heterocycles. The van der Waals surface area contributed by atoms with E-state index in [-0.39, 0.29) is 6.04 Å². The van der Waals surface area contributed by atoms with Crippen LogP contribution < -0.4 is 5.32 Å². The van der Waals surface area contributed by atoms with Crippen molar-refractivity contribution in [3.05, 3.63) is 35.4 Å². The second-order valence-corrected chi connectivity index (χ2v) is 4.84. The Labute approximate surface area is 105 Å². The summed E-state index contributed by atoms with van der Waals surface area (Å²) in [6.45, 7) is 9.41. The van der Waals surface area contributed by atoms with Crippen molar-refractivity contribution in [2.24, 2.45) is 0 Å². The molecule has 0 fully saturated rings. The van der Waals surface area contributed by atoms with Crippen molar-refractivity contribution in [2.45, 2.75) is 52.2 Å². The van der Waals surface area contributed by atoms with Gasteiger partial charge in [0.2, 0.25) is 0 Å². The highest BCUT2D eigenvalue weighted by Crippen LogP contribution is 2.22. The zero-order chi connectivity index (χ0) is 12.8. The van der Waals surface area contributed by atoms with Gasteiger partial charge in [0.15, 0.2) is 0 Å². The van der Waals surface area contributed by atoms with E-state index in [0.717, 1.165) is 18.5 Å². The molecular formula is C15H25NO. The third-order valence-electron chi connectivity index (χ3n) is 3.23. The van der Waals surface area contributed by atoms with Crippen LogP contribution in [-0.4, -0.2) is 17.7 Å². The molecule has 0 aliphatic heterocycles. The molecule has 2 atom stereocenters. The molecule has 0 aliphatic rings. The summed E-state index contributed by atoms with van der Waals surface area (Å²) in [5.41, 5.74) is 2.32. The Hall–Kier alpha value is -0.860. The largest absolute Gasteiger partial charge is 0.387 e. The number of nitrogens with one attached hydrogen (secondary N) is 1. The third kappa shape index (κ3) is 3.83. The molecule has 0 aliphatic carbocycles. The van der Waals surface area contributed by atoms with Gasteiger partial charge < -0.3 is 10.4 Å². The number of hydrogen-bond acceptors (Lipinski definition) is 2. The van der Waals surface area contributed by atoms with Crippen LogP contribution in [-0.2, 0) is 0 Å². The highest BCUT2D eigenvalue weighted by atomic mass is 16.3. The van der Waals surface area contributed by atoms with Crippen LogP contribution in [0, 0.1) is 0 Å². The average molecular weight is 235 g/mol. The molecule has 0 aromatic heterocycles. The first-order valence-corrected chi connectivity index (χ1v) is 6.61. The number of likely N-dealkylation sites (N-methyl/N-ethyl adjacent to an activating group) is 1. The average Bonchev–Trinajstić information content (AvgIpc) is 2.35. The van der Waals surface area contributed by atoms with Crippen molar-refractivity contribution < 1.29 is 5.11 Å². The van der Waals surface area contributed by atoms with Gasteiger partial charge in [-0.25, -0.2) is 0 Å². The van der Waals surface area contributed by atoms with Crippen LogP contribution in [0.3, 0.4) is 0 Å². The number of benzene rings is 1. The molecule has 1 aromatic carbocycles. The number of aliphatic hydroxyl groups is 1. The predicted octanol–water partition coefficient (Wildman–Crippen LogP) is 3.23. The molecule has 0 radical (unpaired) electrons. The first kappa shape index (κ1) is 14.2. The zero-order valence-corrected chi connectivity index (χ0v) is 11.4. The van der Waals surface area contributed by atoms with Crippen LogP contribution in [0.2, 0.25) is 0 Å². The molecule has 1 rings (SSSR count). The summed E-state index contributed by atoms with van der Waals surface area (Å²) >= 11 is 0. The second-order valence-electron chi connectivity index (χ2n) is 4.84. The van der Waals surface area contributed by atoms with E-state index in [1.165, 1.54) is 5.56 Å². The lowest BCUT2D eigenvalue weighted by Crippen LogP contribution is -2.34. The summed E-state index contributed by atoms with van der Waals surface area (Å²) in [5, 5.41) is 13.6. The van der Waals surface area contributed by atoms with Crippen molar-refractivity contribution in [3.8, 4) is 0 Å². The summed E-state index contributed by atoms with van der Waals surface area (Å²) in [5.74, 6) is 0.539. The fourth-order valence-electron chi connectivity index (χ4n) is 2.05. The predicted molar refractivity (Wildman–Crippen MR) is 73.2 cm³/mol. The minimum Gasteiger partial charge on any atom is -0.387 e. The minimum absolute atomic E-state index is 0.143. The van der Waals surface area contributed by atoms with Crippen LogP contribution >= 0.6 is 0 Å². The van der Waals surface area contributed by atoms with Gasteiger partial charge in [-0.15, -0.1) is 0 Å². The molecule has 1 aromatic rings. The molecule has 2 unspecified atom stereocenters. The Morgan fingerprint density at radius 2 is 1.59 bits per heavy atom. The molecule has 17 heavy (non-hydrogen) atoms. The first-order chi connectivity index (χ1) is 8.10. The maximum absolute atomic E-state index is 10.3. The highest BCUT2D eigenvalue weighted by Gasteiger charge is 2.17. The Balaban J connectivity index is 2.77. The van der Waals surface area contributed by atoms with Crippen LogP contribution in [0.5, 0.6) is 0 Å². The van der Waals surface area contributed by atoms with Crippen molar-refractivity contribution in [1.82, 2.24) is 5.32 Å². The van der Waals surface area contributed by atoms with E-state index in [1.807, 2.05) is 12.1 Å². The summed E-state index contributed by atoms with van der Waals surface area (Å²) < 4.78 is 0. The third-order valence-corrected chi connectivity index (χ3v) is 3.23. The van der Waals surface area contributed by atoms with Crippen molar-refractivity contribution >= 4 is 0 Å². The van der Waals surface area contributed by atoms with Crippen molar-refractivity contribution in [1.29, 1.82) is 0 Å². The first-order valence-electron chi connectivity index (χ1n) is 6.61. The number of aliphatic hydroxyl groups excluding tert-OH is 1. The molecule has 0 saturated carbocycles. The summed E-state index contributed by atoms with van der Waals surface area (Å²) in [4.78, 5) is 0. The maximum atomic E-state index is 10.3. The fraction of sp³-hybridized carbons (Fsp3) is 0.600. The van der Waals surface area contributed by atoms with E-state index >= 15 is 0 Å². The summed E-state index contributed by atoms with van der Waals surface area (Å²) in [6, 6.07) is 8.45. The topological polar surface area (TPSA) is 32.3 Å². The van der Waals surface area contributed by atoms with Crippen LogP contribution in [0.25, 0.3) is 0 Å². The van der Waals surface area contributed by atoms with Gasteiger partial charge in [0.05, 0.1) is 6.10 Å². The number of hydrogen-bond donors (Lipinski definition) is 2. The van der Waals surface area contributed by atoms with Crippen LogP contribution in [0.4, 0.5) is 0 Å². The standard InChI is InChI=1S/C15H25NO/c1-5-14(16-6-2)15(17)13-9-7-12(8-10-13)11(3)4/h7-11,14-17H,5-6H2,1-4H3. The molecule has 2 heteroatoms. The SMILES string of the molecule is CCNC(CC)C(O)c1ccc(C(C)C)cc1. The van der Waals surface area contributed by atoms with Gasteiger partial charge in [0.25, 0.3) is 0 Å². The Kier molecular flexibility index (Phi) is 5.66. The summed E-state index contributed by atoms with van der Waals surface area (Å²) in [7, 11) is 0. The van der Waals surface area contributed by atoms with Crippen molar-refractivity contribution in [2.75, 3.05) is 6.54 Å². The van der Waals surface area contributed by atoms with Crippen molar-refractivity contribution in [3.63, 3.8) is 0 Å². The van der Waals surface area contributed by atoms with Gasteiger partial charge >= 0.3 is 0 Å². The van der Waals surface area contributed by atoms with Crippen LogP contribution in [0.15, 0.2) is 24.3 Å². The molecule has 2 N–H and O–H groups in total. The minimum atomic E-state index is -0.416. The Bertz CT molecular complexity index is 318. The van der Waals surface area contributed by atoms with Gasteiger partial charge in [-0.1, -0.05) is 52.0 Å². The lowest BCUT2D eigenvalue weighted by atomic mass is 9.96. The smallest absolute Gasteiger partial charge is 0.0942 e. The molecular weight excluding hydrogens is 210 g/mol. The quantitative estimate of drug-likeness (QED) is 0.793. The zero-order valence-electron chi connectivity index (χ0n) is 11.4. The molecule has 2 nitrogen and oxygen atoms in total. The lowest BCUT2D eigenvalue weighted by Gasteiger charge is -2.23. The van der Waals surface area contributed by atoms with Gasteiger partial charge in [0, 0.05) is 6.04 Å². The maximum Gasteiger partial charge on any atom is 0.0942 e. The van der Waals surface area contributed by atoms with E-state index in [2.05, 4.69) is 45.1 Å². The fourth-order valence-corrected chi connectivity index (χ4v) is 2.05. The van der Waals surface area contributed by atoms with Gasteiger partial charge in [-0.2, -0.15) is 0 Å². The van der Waals surface area contributed by atoms with E-state index in [4.69, 9.17) is 0 Å². The van der Waals surface area contributed by atoms with Gasteiger partial charge in [0.1, 0.15) is 0 Å². The van der Waals surface area contributed by atoms with Gasteiger partial charge in [-0.05, 0) is 30.0 Å². The molecule has 0 saturated heterocycles. The van der Waals surface area contributed by atoms with Gasteiger partial charge in [-0.3, -0.25) is 0 Å². The van der Waals surface area contributed by atoms with Crippen LogP contribution in [0.1, 0.15) is 57.3 Å². The normalized spacial score (nSPS) is 14.9. The molecule has 0 amide bonds. The Morgan fingerprint density at radius 3 is 2.00 bits per heavy atom. The second kappa shape index (κ2) is 6.77. The van der Waals surface area contributed by atoms with E-state index in [9.17, 15) is 5.11 Å². The number of rotatable bonds is 6. The molecule has 0 spiro atoms. The monoisotopic (exact) mass is 235 g/mol.